The molecule has 11 heteroatoms. The van der Waals surface area contributed by atoms with Crippen molar-refractivity contribution in [2.45, 2.75) is 25.7 Å². The number of carbonyl (C=O) groups is 1. The van der Waals surface area contributed by atoms with Crippen molar-refractivity contribution in [1.82, 2.24) is 4.98 Å². The summed E-state index contributed by atoms with van der Waals surface area (Å²) >= 11 is 1.21. The van der Waals surface area contributed by atoms with E-state index in [2.05, 4.69) is 25.1 Å². The summed E-state index contributed by atoms with van der Waals surface area (Å²) in [4.78, 5) is 17.7. The van der Waals surface area contributed by atoms with E-state index in [1.165, 1.54) is 17.4 Å². The van der Waals surface area contributed by atoms with Crippen LogP contribution in [0.3, 0.4) is 0 Å². The summed E-state index contributed by atoms with van der Waals surface area (Å²) in [5.41, 5.74) is 3.40. The Kier molecular flexibility index (Phi) is 5.51. The average Bonchev–Trinajstić information content (AvgIpc) is 3.18. The SMILES string of the molecule is Cc1csc(C(=O)Nc2ccc3c(c2)OC(F)(F)C(F)(F)O3)c1NCc1ccnc2ccccc12. The Morgan fingerprint density at radius 1 is 1.03 bits per heavy atom. The van der Waals surface area contributed by atoms with Gasteiger partial charge in [0.05, 0.1) is 11.2 Å². The van der Waals surface area contributed by atoms with Crippen LogP contribution in [0.4, 0.5) is 28.9 Å². The maximum atomic E-state index is 13.5. The molecule has 0 bridgehead atoms. The molecule has 0 fully saturated rings. The first kappa shape index (κ1) is 22.9. The minimum absolute atomic E-state index is 0.0792. The molecular weight excluding hydrogens is 486 g/mol. The molecule has 3 heterocycles. The first-order chi connectivity index (χ1) is 16.6. The number of halogens is 4. The predicted molar refractivity (Wildman–Crippen MR) is 124 cm³/mol. The second-order valence-corrected chi connectivity index (χ2v) is 8.70. The topological polar surface area (TPSA) is 72.5 Å². The van der Waals surface area contributed by atoms with Gasteiger partial charge in [0.15, 0.2) is 11.5 Å². The number of rotatable bonds is 5. The fourth-order valence-corrected chi connectivity index (χ4v) is 4.58. The number of nitrogens with one attached hydrogen (secondary N) is 2. The second-order valence-electron chi connectivity index (χ2n) is 7.82. The third kappa shape index (κ3) is 4.23. The van der Waals surface area contributed by atoms with Gasteiger partial charge in [0.2, 0.25) is 0 Å². The van der Waals surface area contributed by atoms with E-state index >= 15 is 0 Å². The van der Waals surface area contributed by atoms with Gasteiger partial charge >= 0.3 is 12.2 Å². The van der Waals surface area contributed by atoms with Gasteiger partial charge in [-0.2, -0.15) is 17.6 Å². The number of aromatic nitrogens is 1. The molecule has 0 unspecified atom stereocenters. The van der Waals surface area contributed by atoms with Crippen LogP contribution in [0, 0.1) is 6.92 Å². The Hall–Kier alpha value is -3.86. The summed E-state index contributed by atoms with van der Waals surface area (Å²) < 4.78 is 61.9. The Balaban J connectivity index is 1.35. The van der Waals surface area contributed by atoms with Crippen molar-refractivity contribution < 1.29 is 31.8 Å². The molecule has 2 aromatic carbocycles. The molecule has 0 saturated heterocycles. The summed E-state index contributed by atoms with van der Waals surface area (Å²) in [6, 6.07) is 12.9. The number of hydrogen-bond donors (Lipinski definition) is 2. The normalized spacial score (nSPS) is 15.6. The third-order valence-electron chi connectivity index (χ3n) is 5.39. The van der Waals surface area contributed by atoms with Gasteiger partial charge in [-0.05, 0) is 47.7 Å². The van der Waals surface area contributed by atoms with Crippen LogP contribution in [-0.2, 0) is 6.54 Å². The fraction of sp³-hybridized carbons (Fsp3) is 0.167. The number of amides is 1. The number of pyridine rings is 1. The molecule has 1 aliphatic heterocycles. The smallest absolute Gasteiger partial charge is 0.421 e. The average molecular weight is 503 g/mol. The lowest BCUT2D eigenvalue weighted by Gasteiger charge is -2.31. The van der Waals surface area contributed by atoms with Gasteiger partial charge in [-0.3, -0.25) is 9.78 Å². The number of aryl methyl sites for hydroxylation is 1. The van der Waals surface area contributed by atoms with Crippen LogP contribution in [0.1, 0.15) is 20.8 Å². The zero-order chi connectivity index (χ0) is 24.8. The Bertz CT molecular complexity index is 1440. The lowest BCUT2D eigenvalue weighted by Crippen LogP contribution is -2.52. The standard InChI is InChI=1S/C24H17F4N3O3S/c1-13-12-35-21(20(13)30-11-14-8-9-29-17-5-3-2-4-16(14)17)22(32)31-15-6-7-18-19(10-15)34-24(27,28)23(25,26)33-18/h2-10,12,30H,11H2,1H3,(H,31,32). The lowest BCUT2D eigenvalue weighted by molar-refractivity contribution is -0.391. The molecule has 0 spiro atoms. The van der Waals surface area contributed by atoms with Crippen LogP contribution in [-0.4, -0.2) is 23.1 Å². The second kappa shape index (κ2) is 8.42. The Labute approximate surface area is 200 Å². The maximum Gasteiger partial charge on any atom is 0.507 e. The van der Waals surface area contributed by atoms with Crippen molar-refractivity contribution in [2.75, 3.05) is 10.6 Å². The summed E-state index contributed by atoms with van der Waals surface area (Å²) in [5, 5.41) is 8.69. The van der Waals surface area contributed by atoms with Gasteiger partial charge in [-0.15, -0.1) is 11.3 Å². The Morgan fingerprint density at radius 3 is 2.57 bits per heavy atom. The van der Waals surface area contributed by atoms with Crippen molar-refractivity contribution in [3.05, 3.63) is 76.1 Å². The van der Waals surface area contributed by atoms with Crippen LogP contribution >= 0.6 is 11.3 Å². The van der Waals surface area contributed by atoms with E-state index in [1.807, 2.05) is 42.6 Å². The fourth-order valence-electron chi connectivity index (χ4n) is 3.66. The number of para-hydroxylation sites is 1. The first-order valence-corrected chi connectivity index (χ1v) is 11.3. The minimum Gasteiger partial charge on any atom is -0.421 e. The van der Waals surface area contributed by atoms with Crippen LogP contribution < -0.4 is 20.1 Å². The monoisotopic (exact) mass is 503 g/mol. The highest BCUT2D eigenvalue weighted by Crippen LogP contribution is 2.47. The van der Waals surface area contributed by atoms with Crippen LogP contribution in [0.2, 0.25) is 0 Å². The summed E-state index contributed by atoms with van der Waals surface area (Å²) in [6.45, 7) is 2.29. The number of thiophene rings is 1. The Morgan fingerprint density at radius 2 is 1.77 bits per heavy atom. The molecule has 35 heavy (non-hydrogen) atoms. The number of anilines is 2. The predicted octanol–water partition coefficient (Wildman–Crippen LogP) is 6.43. The molecular formula is C24H17F4N3O3S. The van der Waals surface area contributed by atoms with E-state index in [4.69, 9.17) is 0 Å². The zero-order valence-corrected chi connectivity index (χ0v) is 18.9. The van der Waals surface area contributed by atoms with E-state index < -0.39 is 29.6 Å². The quantitative estimate of drug-likeness (QED) is 0.307. The minimum atomic E-state index is -4.85. The highest BCUT2D eigenvalue weighted by atomic mass is 32.1. The zero-order valence-electron chi connectivity index (χ0n) is 18.1. The van der Waals surface area contributed by atoms with Crippen molar-refractivity contribution in [3.63, 3.8) is 0 Å². The van der Waals surface area contributed by atoms with Crippen molar-refractivity contribution >= 4 is 39.5 Å². The number of nitrogens with zero attached hydrogens (tertiary/aromatic N) is 1. The largest absolute Gasteiger partial charge is 0.507 e. The van der Waals surface area contributed by atoms with Gasteiger partial charge in [0.25, 0.3) is 5.91 Å². The molecule has 0 aliphatic carbocycles. The van der Waals surface area contributed by atoms with Gasteiger partial charge in [0, 0.05) is 29.9 Å². The lowest BCUT2D eigenvalue weighted by atomic mass is 10.1. The van der Waals surface area contributed by atoms with E-state index in [-0.39, 0.29) is 5.69 Å². The number of fused-ring (bicyclic) bond motifs is 2. The van der Waals surface area contributed by atoms with E-state index in [0.29, 0.717) is 17.1 Å². The van der Waals surface area contributed by atoms with Crippen molar-refractivity contribution in [3.8, 4) is 11.5 Å². The van der Waals surface area contributed by atoms with Gasteiger partial charge in [-0.25, -0.2) is 0 Å². The number of benzene rings is 2. The maximum absolute atomic E-state index is 13.5. The molecule has 5 rings (SSSR count). The van der Waals surface area contributed by atoms with E-state index in [9.17, 15) is 22.4 Å². The molecule has 4 aromatic rings. The van der Waals surface area contributed by atoms with E-state index in [0.717, 1.165) is 34.2 Å². The molecule has 1 aliphatic rings. The van der Waals surface area contributed by atoms with Crippen molar-refractivity contribution in [1.29, 1.82) is 0 Å². The molecule has 180 valence electrons. The molecule has 0 saturated carbocycles. The number of carbonyl (C=O) groups excluding carboxylic acids is 1. The van der Waals surface area contributed by atoms with Gasteiger partial charge in [0.1, 0.15) is 4.88 Å². The van der Waals surface area contributed by atoms with Gasteiger partial charge < -0.3 is 20.1 Å². The highest BCUT2D eigenvalue weighted by Gasteiger charge is 2.65. The van der Waals surface area contributed by atoms with E-state index in [1.54, 1.807) is 6.20 Å². The highest BCUT2D eigenvalue weighted by molar-refractivity contribution is 7.13. The molecule has 0 atom stereocenters. The van der Waals surface area contributed by atoms with Crippen LogP contribution in [0.25, 0.3) is 10.9 Å². The number of ether oxygens (including phenoxy) is 2. The number of alkyl halides is 4. The molecule has 2 aromatic heterocycles. The van der Waals surface area contributed by atoms with Gasteiger partial charge in [-0.1, -0.05) is 18.2 Å². The molecule has 1 amide bonds. The van der Waals surface area contributed by atoms with Crippen molar-refractivity contribution in [2.24, 2.45) is 0 Å². The number of hydrogen-bond acceptors (Lipinski definition) is 6. The molecule has 6 nitrogen and oxygen atoms in total. The van der Waals surface area contributed by atoms with Crippen LogP contribution in [0.15, 0.2) is 60.1 Å². The third-order valence-corrected chi connectivity index (χ3v) is 6.49. The van der Waals surface area contributed by atoms with Crippen LogP contribution in [0.5, 0.6) is 11.5 Å². The summed E-state index contributed by atoms with van der Waals surface area (Å²) in [7, 11) is 0. The summed E-state index contributed by atoms with van der Waals surface area (Å²) in [5.74, 6) is -1.67. The molecule has 2 N–H and O–H groups in total. The summed E-state index contributed by atoms with van der Waals surface area (Å²) in [6.07, 6.45) is -7.93. The molecule has 0 radical (unpaired) electrons. The first-order valence-electron chi connectivity index (χ1n) is 10.4.